The molecule has 0 aliphatic rings. The quantitative estimate of drug-likeness (QED) is 0.539. The SMILES string of the molecule is CCOC(=O)c1cc(-c2ccc(F)cc2)nc2n[nH]c(-c3ccccc3)c12. The molecule has 4 aromatic rings. The van der Waals surface area contributed by atoms with Crippen LogP contribution >= 0.6 is 0 Å². The predicted octanol–water partition coefficient (Wildman–Crippen LogP) is 4.61. The summed E-state index contributed by atoms with van der Waals surface area (Å²) < 4.78 is 18.5. The van der Waals surface area contributed by atoms with Crippen LogP contribution in [0.2, 0.25) is 0 Å². The summed E-state index contributed by atoms with van der Waals surface area (Å²) in [6.45, 7) is 2.01. The molecular formula is C21H16FN3O2. The lowest BCUT2D eigenvalue weighted by Crippen LogP contribution is -2.06. The highest BCUT2D eigenvalue weighted by molar-refractivity contribution is 6.08. The standard InChI is InChI=1S/C21H16FN3O2/c1-2-27-21(26)16-12-17(13-8-10-15(22)11-9-13)23-20-18(16)19(24-25-20)14-6-4-3-5-7-14/h3-12H,2H2,1H3,(H,23,24,25). The van der Waals surface area contributed by atoms with Crippen molar-refractivity contribution in [2.45, 2.75) is 6.92 Å². The van der Waals surface area contributed by atoms with Gasteiger partial charge in [0.25, 0.3) is 0 Å². The van der Waals surface area contributed by atoms with Gasteiger partial charge in [-0.3, -0.25) is 5.10 Å². The van der Waals surface area contributed by atoms with Gasteiger partial charge in [0.1, 0.15) is 5.82 Å². The maximum Gasteiger partial charge on any atom is 0.339 e. The second-order valence-corrected chi connectivity index (χ2v) is 5.95. The maximum absolute atomic E-state index is 13.2. The molecule has 0 spiro atoms. The molecular weight excluding hydrogens is 345 g/mol. The Morgan fingerprint density at radius 2 is 1.81 bits per heavy atom. The average molecular weight is 361 g/mol. The van der Waals surface area contributed by atoms with E-state index in [1.54, 1.807) is 25.1 Å². The number of pyridine rings is 1. The Hall–Kier alpha value is -3.54. The van der Waals surface area contributed by atoms with E-state index >= 15 is 0 Å². The molecule has 2 heterocycles. The molecule has 0 bridgehead atoms. The molecule has 134 valence electrons. The van der Waals surface area contributed by atoms with Crippen LogP contribution < -0.4 is 0 Å². The topological polar surface area (TPSA) is 67.9 Å². The molecule has 6 heteroatoms. The van der Waals surface area contributed by atoms with Gasteiger partial charge in [0, 0.05) is 11.1 Å². The number of aromatic nitrogens is 3. The van der Waals surface area contributed by atoms with Crippen LogP contribution in [0.4, 0.5) is 4.39 Å². The number of ether oxygens (including phenoxy) is 1. The number of hydrogen-bond donors (Lipinski definition) is 1. The first kappa shape index (κ1) is 16.9. The van der Waals surface area contributed by atoms with E-state index in [-0.39, 0.29) is 12.4 Å². The Morgan fingerprint density at radius 1 is 1.07 bits per heavy atom. The number of carbonyl (C=O) groups is 1. The molecule has 0 radical (unpaired) electrons. The number of hydrogen-bond acceptors (Lipinski definition) is 4. The molecule has 0 fully saturated rings. The van der Waals surface area contributed by atoms with E-state index in [4.69, 9.17) is 4.74 Å². The lowest BCUT2D eigenvalue weighted by Gasteiger charge is -2.08. The second-order valence-electron chi connectivity index (χ2n) is 5.95. The molecule has 0 atom stereocenters. The number of H-pyrrole nitrogens is 1. The Morgan fingerprint density at radius 3 is 2.52 bits per heavy atom. The first-order valence-corrected chi connectivity index (χ1v) is 8.55. The van der Waals surface area contributed by atoms with Gasteiger partial charge in [0.15, 0.2) is 5.65 Å². The molecule has 0 saturated heterocycles. The third-order valence-corrected chi connectivity index (χ3v) is 4.22. The zero-order chi connectivity index (χ0) is 18.8. The van der Waals surface area contributed by atoms with Crippen molar-refractivity contribution in [3.05, 3.63) is 72.0 Å². The van der Waals surface area contributed by atoms with E-state index in [0.717, 1.165) is 5.56 Å². The number of aromatic amines is 1. The van der Waals surface area contributed by atoms with Crippen molar-refractivity contribution in [1.82, 2.24) is 15.2 Å². The van der Waals surface area contributed by atoms with Crippen LogP contribution in [0.5, 0.6) is 0 Å². The number of esters is 1. The van der Waals surface area contributed by atoms with Gasteiger partial charge in [-0.15, -0.1) is 0 Å². The minimum absolute atomic E-state index is 0.257. The van der Waals surface area contributed by atoms with Crippen molar-refractivity contribution in [3.63, 3.8) is 0 Å². The fourth-order valence-electron chi connectivity index (χ4n) is 2.98. The number of carbonyl (C=O) groups excluding carboxylic acids is 1. The highest BCUT2D eigenvalue weighted by atomic mass is 19.1. The highest BCUT2D eigenvalue weighted by Crippen LogP contribution is 2.31. The van der Waals surface area contributed by atoms with Crippen LogP contribution in [0.1, 0.15) is 17.3 Å². The van der Waals surface area contributed by atoms with Gasteiger partial charge in [-0.25, -0.2) is 14.2 Å². The molecule has 0 saturated carbocycles. The van der Waals surface area contributed by atoms with E-state index in [1.165, 1.54) is 12.1 Å². The average Bonchev–Trinajstić information content (AvgIpc) is 3.13. The molecule has 0 unspecified atom stereocenters. The molecule has 2 aromatic heterocycles. The van der Waals surface area contributed by atoms with E-state index in [0.29, 0.717) is 33.5 Å². The smallest absolute Gasteiger partial charge is 0.339 e. The third-order valence-electron chi connectivity index (χ3n) is 4.22. The first-order valence-electron chi connectivity index (χ1n) is 8.55. The summed E-state index contributed by atoms with van der Waals surface area (Å²) in [6.07, 6.45) is 0. The Kier molecular flexibility index (Phi) is 4.38. The van der Waals surface area contributed by atoms with Gasteiger partial charge in [-0.2, -0.15) is 5.10 Å². The van der Waals surface area contributed by atoms with Crippen molar-refractivity contribution < 1.29 is 13.9 Å². The van der Waals surface area contributed by atoms with Gasteiger partial charge in [0.2, 0.25) is 0 Å². The third kappa shape index (κ3) is 3.17. The molecule has 2 aromatic carbocycles. The first-order chi connectivity index (χ1) is 13.2. The monoisotopic (exact) mass is 361 g/mol. The van der Waals surface area contributed by atoms with Crippen molar-refractivity contribution in [2.75, 3.05) is 6.61 Å². The Bertz CT molecular complexity index is 1110. The van der Waals surface area contributed by atoms with Crippen molar-refractivity contribution >= 4 is 17.0 Å². The largest absolute Gasteiger partial charge is 0.462 e. The Balaban J connectivity index is 1.95. The Labute approximate surface area is 154 Å². The summed E-state index contributed by atoms with van der Waals surface area (Å²) >= 11 is 0. The fraction of sp³-hybridized carbons (Fsp3) is 0.0952. The van der Waals surface area contributed by atoms with Gasteiger partial charge in [-0.05, 0) is 37.3 Å². The second kappa shape index (κ2) is 6.99. The van der Waals surface area contributed by atoms with E-state index in [1.807, 2.05) is 30.3 Å². The lowest BCUT2D eigenvalue weighted by molar-refractivity contribution is 0.0528. The van der Waals surface area contributed by atoms with Gasteiger partial charge < -0.3 is 4.74 Å². The van der Waals surface area contributed by atoms with Crippen LogP contribution in [-0.2, 0) is 4.74 Å². The normalized spacial score (nSPS) is 10.9. The molecule has 0 aliphatic carbocycles. The summed E-state index contributed by atoms with van der Waals surface area (Å²) in [7, 11) is 0. The van der Waals surface area contributed by atoms with Crippen molar-refractivity contribution in [2.24, 2.45) is 0 Å². The molecule has 27 heavy (non-hydrogen) atoms. The lowest BCUT2D eigenvalue weighted by atomic mass is 10.0. The van der Waals surface area contributed by atoms with Crippen LogP contribution in [-0.4, -0.2) is 27.8 Å². The van der Waals surface area contributed by atoms with Crippen LogP contribution in [0.3, 0.4) is 0 Å². The molecule has 1 N–H and O–H groups in total. The van der Waals surface area contributed by atoms with Gasteiger partial charge in [0.05, 0.1) is 28.9 Å². The number of nitrogens with zero attached hydrogens (tertiary/aromatic N) is 2. The van der Waals surface area contributed by atoms with E-state index in [2.05, 4.69) is 15.2 Å². The van der Waals surface area contributed by atoms with E-state index in [9.17, 15) is 9.18 Å². The number of rotatable bonds is 4. The number of fused-ring (bicyclic) bond motifs is 1. The number of halogens is 1. The molecule has 4 rings (SSSR count). The molecule has 0 aliphatic heterocycles. The molecule has 5 nitrogen and oxygen atoms in total. The summed E-state index contributed by atoms with van der Waals surface area (Å²) in [5.74, 6) is -0.788. The van der Waals surface area contributed by atoms with Crippen LogP contribution in [0, 0.1) is 5.82 Å². The zero-order valence-corrected chi connectivity index (χ0v) is 14.6. The minimum Gasteiger partial charge on any atom is -0.462 e. The highest BCUT2D eigenvalue weighted by Gasteiger charge is 2.21. The number of benzene rings is 2. The fourth-order valence-corrected chi connectivity index (χ4v) is 2.98. The molecule has 0 amide bonds. The summed E-state index contributed by atoms with van der Waals surface area (Å²) in [5, 5.41) is 7.86. The van der Waals surface area contributed by atoms with Crippen LogP contribution in [0.15, 0.2) is 60.7 Å². The van der Waals surface area contributed by atoms with Crippen molar-refractivity contribution in [1.29, 1.82) is 0 Å². The van der Waals surface area contributed by atoms with E-state index < -0.39 is 5.97 Å². The summed E-state index contributed by atoms with van der Waals surface area (Å²) in [5.41, 5.74) is 3.57. The minimum atomic E-state index is -0.452. The van der Waals surface area contributed by atoms with Gasteiger partial charge >= 0.3 is 5.97 Å². The van der Waals surface area contributed by atoms with Crippen LogP contribution in [0.25, 0.3) is 33.5 Å². The zero-order valence-electron chi connectivity index (χ0n) is 14.6. The van der Waals surface area contributed by atoms with Gasteiger partial charge in [-0.1, -0.05) is 30.3 Å². The van der Waals surface area contributed by atoms with Crippen molar-refractivity contribution in [3.8, 4) is 22.5 Å². The predicted molar refractivity (Wildman–Crippen MR) is 101 cm³/mol. The summed E-state index contributed by atoms with van der Waals surface area (Å²) in [6, 6.07) is 17.2. The number of nitrogens with one attached hydrogen (secondary N) is 1. The maximum atomic E-state index is 13.2. The summed E-state index contributed by atoms with van der Waals surface area (Å²) in [4.78, 5) is 17.2.